The fourth-order valence-corrected chi connectivity index (χ4v) is 8.98. The average Bonchev–Trinajstić information content (AvgIpc) is 2.90. The van der Waals surface area contributed by atoms with Crippen LogP contribution in [0.3, 0.4) is 0 Å². The highest BCUT2D eigenvalue weighted by Gasteiger charge is 2.66. The zero-order chi connectivity index (χ0) is 17.9. The molecule has 4 fully saturated rings. The van der Waals surface area contributed by atoms with Gasteiger partial charge in [-0.15, -0.1) is 0 Å². The zero-order valence-corrected chi connectivity index (χ0v) is 16.8. The molecule has 0 saturated heterocycles. The molecule has 0 aromatic rings. The molecule has 1 unspecified atom stereocenters. The SMILES string of the molecule is CC[C@H]1CC(CO)(CO)[C@H]2[C@@H]3CCC4CCCC[C@]4(C)[C@H]3CC[C@]12C. The van der Waals surface area contributed by atoms with E-state index in [1.54, 1.807) is 0 Å². The van der Waals surface area contributed by atoms with Crippen molar-refractivity contribution < 1.29 is 10.2 Å². The number of aliphatic hydroxyl groups excluding tert-OH is 2. The van der Waals surface area contributed by atoms with Gasteiger partial charge in [0.1, 0.15) is 0 Å². The summed E-state index contributed by atoms with van der Waals surface area (Å²) in [5, 5.41) is 20.8. The molecule has 0 aliphatic heterocycles. The minimum absolute atomic E-state index is 0.184. The van der Waals surface area contributed by atoms with E-state index in [1.165, 1.54) is 57.8 Å². The lowest BCUT2D eigenvalue weighted by molar-refractivity contribution is -0.146. The van der Waals surface area contributed by atoms with Gasteiger partial charge in [-0.1, -0.05) is 40.0 Å². The van der Waals surface area contributed by atoms with Gasteiger partial charge in [-0.3, -0.25) is 0 Å². The summed E-state index contributed by atoms with van der Waals surface area (Å²) in [4.78, 5) is 0. The van der Waals surface area contributed by atoms with E-state index in [0.29, 0.717) is 22.7 Å². The third-order valence-electron chi connectivity index (χ3n) is 10.2. The summed E-state index contributed by atoms with van der Waals surface area (Å²) in [7, 11) is 0. The van der Waals surface area contributed by atoms with Crippen molar-refractivity contribution in [2.45, 2.75) is 85.0 Å². The molecule has 0 aromatic heterocycles. The molecule has 2 heteroatoms. The molecule has 4 rings (SSSR count). The number of hydrogen-bond donors (Lipinski definition) is 2. The summed E-state index contributed by atoms with van der Waals surface area (Å²) in [6.07, 6.45) is 13.4. The first kappa shape index (κ1) is 18.3. The summed E-state index contributed by atoms with van der Waals surface area (Å²) in [6.45, 7) is 7.82. The van der Waals surface area contributed by atoms with Crippen LogP contribution < -0.4 is 0 Å². The van der Waals surface area contributed by atoms with Crippen LogP contribution in [0.25, 0.3) is 0 Å². The van der Waals surface area contributed by atoms with Crippen LogP contribution in [0.4, 0.5) is 0 Å². The molecular formula is C23H40O2. The van der Waals surface area contributed by atoms with Crippen LogP contribution >= 0.6 is 0 Å². The summed E-state index contributed by atoms with van der Waals surface area (Å²) >= 11 is 0. The van der Waals surface area contributed by atoms with E-state index in [4.69, 9.17) is 0 Å². The molecule has 0 spiro atoms. The molecule has 0 aromatic carbocycles. The third-order valence-corrected chi connectivity index (χ3v) is 10.2. The Kier molecular flexibility index (Phi) is 4.56. The maximum absolute atomic E-state index is 10.4. The molecule has 2 nitrogen and oxygen atoms in total. The predicted molar refractivity (Wildman–Crippen MR) is 102 cm³/mol. The lowest BCUT2D eigenvalue weighted by Gasteiger charge is -2.62. The molecule has 4 aliphatic carbocycles. The minimum atomic E-state index is -0.226. The molecule has 2 N–H and O–H groups in total. The van der Waals surface area contributed by atoms with E-state index in [1.807, 2.05) is 0 Å². The summed E-state index contributed by atoms with van der Waals surface area (Å²) in [6, 6.07) is 0. The first-order valence-electron chi connectivity index (χ1n) is 11.2. The Morgan fingerprint density at radius 2 is 1.64 bits per heavy atom. The highest BCUT2D eigenvalue weighted by Crippen LogP contribution is 2.71. The summed E-state index contributed by atoms with van der Waals surface area (Å²) < 4.78 is 0. The smallest absolute Gasteiger partial charge is 0.0512 e. The molecule has 7 atom stereocenters. The van der Waals surface area contributed by atoms with Crippen molar-refractivity contribution in [2.75, 3.05) is 13.2 Å². The van der Waals surface area contributed by atoms with Crippen LogP contribution in [0.15, 0.2) is 0 Å². The number of aliphatic hydroxyl groups is 2. The van der Waals surface area contributed by atoms with Gasteiger partial charge in [0.2, 0.25) is 0 Å². The second-order valence-corrected chi connectivity index (χ2v) is 10.8. The highest BCUT2D eigenvalue weighted by atomic mass is 16.3. The van der Waals surface area contributed by atoms with Gasteiger partial charge in [-0.2, -0.15) is 0 Å². The monoisotopic (exact) mass is 348 g/mol. The third kappa shape index (κ3) is 2.35. The van der Waals surface area contributed by atoms with E-state index >= 15 is 0 Å². The fraction of sp³-hybridized carbons (Fsp3) is 1.00. The van der Waals surface area contributed by atoms with Crippen molar-refractivity contribution in [1.82, 2.24) is 0 Å². The average molecular weight is 349 g/mol. The van der Waals surface area contributed by atoms with Gasteiger partial charge in [0.15, 0.2) is 0 Å². The van der Waals surface area contributed by atoms with Gasteiger partial charge in [0.05, 0.1) is 13.2 Å². The van der Waals surface area contributed by atoms with E-state index in [9.17, 15) is 10.2 Å². The largest absolute Gasteiger partial charge is 0.396 e. The van der Waals surface area contributed by atoms with Crippen LogP contribution in [0.2, 0.25) is 0 Å². The van der Waals surface area contributed by atoms with E-state index in [-0.39, 0.29) is 18.6 Å². The Bertz CT molecular complexity index is 496. The predicted octanol–water partition coefficient (Wildman–Crippen LogP) is 5.03. The number of fused-ring (bicyclic) bond motifs is 5. The Morgan fingerprint density at radius 3 is 2.32 bits per heavy atom. The molecule has 144 valence electrons. The Balaban J connectivity index is 1.73. The zero-order valence-electron chi connectivity index (χ0n) is 16.8. The van der Waals surface area contributed by atoms with Gasteiger partial charge in [-0.25, -0.2) is 0 Å². The standard InChI is InChI=1S/C23H40O2/c1-4-16-13-23(14-24,15-25)20-18-9-8-17-7-5-6-11-21(17,2)19(18)10-12-22(16,20)3/h16-20,24-25H,4-15H2,1-3H3/t16-,17?,18+,19-,20-,21-,22+/m0/s1. The van der Waals surface area contributed by atoms with Crippen molar-refractivity contribution in [2.24, 2.45) is 45.8 Å². The van der Waals surface area contributed by atoms with Crippen molar-refractivity contribution >= 4 is 0 Å². The molecule has 4 saturated carbocycles. The van der Waals surface area contributed by atoms with Crippen molar-refractivity contribution in [3.63, 3.8) is 0 Å². The Hall–Kier alpha value is -0.0800. The Morgan fingerprint density at radius 1 is 0.880 bits per heavy atom. The maximum atomic E-state index is 10.4. The maximum Gasteiger partial charge on any atom is 0.0512 e. The fourth-order valence-electron chi connectivity index (χ4n) is 8.98. The molecular weight excluding hydrogens is 308 g/mol. The normalized spacial score (nSPS) is 51.5. The van der Waals surface area contributed by atoms with Crippen LogP contribution in [-0.4, -0.2) is 23.4 Å². The van der Waals surface area contributed by atoms with Gasteiger partial charge >= 0.3 is 0 Å². The number of rotatable bonds is 3. The van der Waals surface area contributed by atoms with Gasteiger partial charge in [-0.05, 0) is 85.4 Å². The lowest BCUT2D eigenvalue weighted by Crippen LogP contribution is -2.56. The van der Waals surface area contributed by atoms with Gasteiger partial charge < -0.3 is 10.2 Å². The van der Waals surface area contributed by atoms with E-state index < -0.39 is 0 Å². The molecule has 4 aliphatic rings. The molecule has 0 radical (unpaired) electrons. The van der Waals surface area contributed by atoms with Crippen LogP contribution in [0.5, 0.6) is 0 Å². The molecule has 25 heavy (non-hydrogen) atoms. The van der Waals surface area contributed by atoms with E-state index in [0.717, 1.165) is 24.2 Å². The Labute approximate surface area is 154 Å². The first-order chi connectivity index (χ1) is 11.9. The topological polar surface area (TPSA) is 40.5 Å². The van der Waals surface area contributed by atoms with Crippen LogP contribution in [-0.2, 0) is 0 Å². The van der Waals surface area contributed by atoms with Crippen LogP contribution in [0.1, 0.15) is 85.0 Å². The quantitative estimate of drug-likeness (QED) is 0.751. The lowest BCUT2D eigenvalue weighted by atomic mass is 9.43. The molecule has 0 heterocycles. The second kappa shape index (κ2) is 6.23. The van der Waals surface area contributed by atoms with Gasteiger partial charge in [0, 0.05) is 5.41 Å². The molecule has 0 bridgehead atoms. The van der Waals surface area contributed by atoms with E-state index in [2.05, 4.69) is 20.8 Å². The van der Waals surface area contributed by atoms with Crippen molar-refractivity contribution in [1.29, 1.82) is 0 Å². The van der Waals surface area contributed by atoms with Crippen LogP contribution in [0, 0.1) is 45.8 Å². The first-order valence-corrected chi connectivity index (χ1v) is 11.2. The number of hydrogen-bond acceptors (Lipinski definition) is 2. The summed E-state index contributed by atoms with van der Waals surface area (Å²) in [5.41, 5.74) is 0.638. The van der Waals surface area contributed by atoms with Crippen molar-refractivity contribution in [3.8, 4) is 0 Å². The minimum Gasteiger partial charge on any atom is -0.396 e. The summed E-state index contributed by atoms with van der Waals surface area (Å²) in [5.74, 6) is 3.70. The van der Waals surface area contributed by atoms with Crippen molar-refractivity contribution in [3.05, 3.63) is 0 Å². The molecule has 0 amide bonds. The second-order valence-electron chi connectivity index (χ2n) is 10.8. The van der Waals surface area contributed by atoms with Gasteiger partial charge in [0.25, 0.3) is 0 Å². The highest BCUT2D eigenvalue weighted by molar-refractivity contribution is 5.14.